The Labute approximate surface area is 106 Å². The molecule has 0 aliphatic rings. The van der Waals surface area contributed by atoms with Crippen LogP contribution in [0.2, 0.25) is 5.28 Å². The summed E-state index contributed by atoms with van der Waals surface area (Å²) in [7, 11) is 0. The molecule has 0 N–H and O–H groups in total. The number of nitrogens with zero attached hydrogens (tertiary/aromatic N) is 3. The summed E-state index contributed by atoms with van der Waals surface area (Å²) in [4.78, 5) is 10.9. The molecule has 94 valence electrons. The molecule has 2 rings (SSSR count). The van der Waals surface area contributed by atoms with Gasteiger partial charge in [-0.15, -0.1) is 0 Å². The molecule has 0 amide bonds. The van der Waals surface area contributed by atoms with Crippen molar-refractivity contribution in [2.45, 2.75) is 12.6 Å². The van der Waals surface area contributed by atoms with Crippen molar-refractivity contribution in [1.82, 2.24) is 15.0 Å². The fourth-order valence-electron chi connectivity index (χ4n) is 1.39. The van der Waals surface area contributed by atoms with E-state index in [1.807, 2.05) is 0 Å². The first kappa shape index (κ1) is 12.8. The van der Waals surface area contributed by atoms with Crippen LogP contribution in [0.5, 0.6) is 0 Å². The Bertz CT molecular complexity index is 543. The molecule has 2 heterocycles. The molecule has 0 aromatic carbocycles. The summed E-state index contributed by atoms with van der Waals surface area (Å²) in [6, 6.07) is 6.04. The van der Waals surface area contributed by atoms with Crippen LogP contribution in [0.3, 0.4) is 0 Å². The lowest BCUT2D eigenvalue weighted by Gasteiger charge is -2.07. The number of hydrogen-bond acceptors (Lipinski definition) is 3. The number of aromatic nitrogens is 3. The Hall–Kier alpha value is -1.69. The molecular formula is C11H7ClF3N3. The van der Waals surface area contributed by atoms with Gasteiger partial charge in [0.2, 0.25) is 5.28 Å². The number of pyridine rings is 1. The molecule has 2 aromatic heterocycles. The van der Waals surface area contributed by atoms with Gasteiger partial charge in [-0.25, -0.2) is 9.97 Å². The van der Waals surface area contributed by atoms with E-state index < -0.39 is 17.2 Å². The maximum absolute atomic E-state index is 12.5. The summed E-state index contributed by atoms with van der Waals surface area (Å²) in [5.74, 6) is 0. The third-order valence-electron chi connectivity index (χ3n) is 2.13. The van der Waals surface area contributed by atoms with E-state index in [1.165, 1.54) is 0 Å². The first-order chi connectivity index (χ1) is 8.45. The SMILES string of the molecule is FC(F)(F)c1cc(Cc2ccccn2)nc(Cl)n1. The van der Waals surface area contributed by atoms with Gasteiger partial charge in [-0.05, 0) is 29.8 Å². The summed E-state index contributed by atoms with van der Waals surface area (Å²) in [5, 5.41) is -0.421. The molecule has 0 bridgehead atoms. The normalized spacial score (nSPS) is 11.6. The van der Waals surface area contributed by atoms with Crippen molar-refractivity contribution in [3.63, 3.8) is 0 Å². The number of hydrogen-bond donors (Lipinski definition) is 0. The lowest BCUT2D eigenvalue weighted by atomic mass is 10.2. The van der Waals surface area contributed by atoms with Crippen LogP contribution in [0.25, 0.3) is 0 Å². The third-order valence-corrected chi connectivity index (χ3v) is 2.30. The molecule has 3 nitrogen and oxygen atoms in total. The second kappa shape index (κ2) is 4.89. The predicted molar refractivity (Wildman–Crippen MR) is 59.1 cm³/mol. The summed E-state index contributed by atoms with van der Waals surface area (Å²) in [5.41, 5.74) is -0.255. The lowest BCUT2D eigenvalue weighted by molar-refractivity contribution is -0.141. The number of alkyl halides is 3. The fourth-order valence-corrected chi connectivity index (χ4v) is 1.59. The highest BCUT2D eigenvalue weighted by Gasteiger charge is 2.33. The second-order valence-electron chi connectivity index (χ2n) is 3.51. The Kier molecular flexibility index (Phi) is 3.47. The molecule has 0 saturated carbocycles. The first-order valence-corrected chi connectivity index (χ1v) is 5.33. The average molecular weight is 274 g/mol. The van der Waals surface area contributed by atoms with Crippen LogP contribution in [0.15, 0.2) is 30.5 Å². The highest BCUT2D eigenvalue weighted by Crippen LogP contribution is 2.28. The molecule has 0 aliphatic heterocycles. The average Bonchev–Trinajstić information content (AvgIpc) is 2.28. The predicted octanol–water partition coefficient (Wildman–Crippen LogP) is 3.13. The van der Waals surface area contributed by atoms with Gasteiger partial charge >= 0.3 is 6.18 Å². The molecule has 0 unspecified atom stereocenters. The Morgan fingerprint density at radius 1 is 1.11 bits per heavy atom. The van der Waals surface area contributed by atoms with Crippen molar-refractivity contribution in [2.24, 2.45) is 0 Å². The van der Waals surface area contributed by atoms with Crippen molar-refractivity contribution < 1.29 is 13.2 Å². The van der Waals surface area contributed by atoms with E-state index in [-0.39, 0.29) is 12.1 Å². The van der Waals surface area contributed by atoms with Gasteiger partial charge in [-0.1, -0.05) is 6.07 Å². The van der Waals surface area contributed by atoms with Crippen LogP contribution in [0.1, 0.15) is 17.1 Å². The summed E-state index contributed by atoms with van der Waals surface area (Å²) in [6.07, 6.45) is -2.81. The maximum Gasteiger partial charge on any atom is 0.433 e. The van der Waals surface area contributed by atoms with Crippen molar-refractivity contribution in [2.75, 3.05) is 0 Å². The van der Waals surface area contributed by atoms with E-state index in [4.69, 9.17) is 11.6 Å². The smallest absolute Gasteiger partial charge is 0.261 e. The molecule has 0 fully saturated rings. The van der Waals surface area contributed by atoms with Crippen LogP contribution in [0.4, 0.5) is 13.2 Å². The van der Waals surface area contributed by atoms with Gasteiger partial charge < -0.3 is 0 Å². The molecule has 0 aliphatic carbocycles. The fraction of sp³-hybridized carbons (Fsp3) is 0.182. The highest BCUT2D eigenvalue weighted by atomic mass is 35.5. The molecule has 0 radical (unpaired) electrons. The molecule has 2 aromatic rings. The van der Waals surface area contributed by atoms with Gasteiger partial charge in [0.05, 0.1) is 5.69 Å². The van der Waals surface area contributed by atoms with Crippen molar-refractivity contribution >= 4 is 11.6 Å². The summed E-state index contributed by atoms with van der Waals surface area (Å²) in [6.45, 7) is 0. The zero-order valence-corrected chi connectivity index (χ0v) is 9.70. The minimum absolute atomic E-state index is 0.173. The molecule has 0 saturated heterocycles. The molecule has 7 heteroatoms. The van der Waals surface area contributed by atoms with Crippen molar-refractivity contribution in [3.8, 4) is 0 Å². The molecule has 0 atom stereocenters. The van der Waals surface area contributed by atoms with E-state index in [2.05, 4.69) is 15.0 Å². The minimum Gasteiger partial charge on any atom is -0.261 e. The van der Waals surface area contributed by atoms with E-state index in [0.717, 1.165) is 6.07 Å². The van der Waals surface area contributed by atoms with Crippen LogP contribution in [-0.4, -0.2) is 15.0 Å². The second-order valence-corrected chi connectivity index (χ2v) is 3.85. The molecular weight excluding hydrogens is 267 g/mol. The van der Waals surface area contributed by atoms with Crippen LogP contribution < -0.4 is 0 Å². The Balaban J connectivity index is 2.32. The zero-order chi connectivity index (χ0) is 13.2. The van der Waals surface area contributed by atoms with Crippen molar-refractivity contribution in [3.05, 3.63) is 52.8 Å². The lowest BCUT2D eigenvalue weighted by Crippen LogP contribution is -2.10. The highest BCUT2D eigenvalue weighted by molar-refractivity contribution is 6.28. The van der Waals surface area contributed by atoms with Crippen LogP contribution >= 0.6 is 11.6 Å². The van der Waals surface area contributed by atoms with E-state index >= 15 is 0 Å². The topological polar surface area (TPSA) is 38.7 Å². The van der Waals surface area contributed by atoms with E-state index in [0.29, 0.717) is 5.69 Å². The van der Waals surface area contributed by atoms with Gasteiger partial charge in [0.15, 0.2) is 0 Å². The van der Waals surface area contributed by atoms with Gasteiger partial charge in [-0.2, -0.15) is 13.2 Å². The molecule has 0 spiro atoms. The van der Waals surface area contributed by atoms with E-state index in [1.54, 1.807) is 24.4 Å². The quantitative estimate of drug-likeness (QED) is 0.789. The summed E-state index contributed by atoms with van der Waals surface area (Å²) < 4.78 is 37.6. The minimum atomic E-state index is -4.54. The van der Waals surface area contributed by atoms with Gasteiger partial charge in [0.1, 0.15) is 5.69 Å². The molecule has 18 heavy (non-hydrogen) atoms. The van der Waals surface area contributed by atoms with Gasteiger partial charge in [0.25, 0.3) is 0 Å². The monoisotopic (exact) mass is 273 g/mol. The first-order valence-electron chi connectivity index (χ1n) is 4.96. The standard InChI is InChI=1S/C11H7ClF3N3/c12-10-17-8(5-7-3-1-2-4-16-7)6-9(18-10)11(13,14)15/h1-4,6H,5H2. The summed E-state index contributed by atoms with van der Waals surface area (Å²) >= 11 is 5.48. The Morgan fingerprint density at radius 3 is 2.50 bits per heavy atom. The Morgan fingerprint density at radius 2 is 1.89 bits per heavy atom. The number of halogens is 4. The van der Waals surface area contributed by atoms with Gasteiger partial charge in [-0.3, -0.25) is 4.98 Å². The van der Waals surface area contributed by atoms with E-state index in [9.17, 15) is 13.2 Å². The zero-order valence-electron chi connectivity index (χ0n) is 8.95. The van der Waals surface area contributed by atoms with Crippen LogP contribution in [0, 0.1) is 0 Å². The maximum atomic E-state index is 12.5. The third kappa shape index (κ3) is 3.16. The van der Waals surface area contributed by atoms with Crippen molar-refractivity contribution in [1.29, 1.82) is 0 Å². The van der Waals surface area contributed by atoms with Gasteiger partial charge in [0, 0.05) is 18.3 Å². The number of rotatable bonds is 2. The van der Waals surface area contributed by atoms with Crippen LogP contribution in [-0.2, 0) is 12.6 Å². The largest absolute Gasteiger partial charge is 0.433 e.